The monoisotopic (exact) mass is 191 g/mol. The lowest BCUT2D eigenvalue weighted by Gasteiger charge is -2.24. The van der Waals surface area contributed by atoms with Gasteiger partial charge in [-0.05, 0) is 32.9 Å². The van der Waals surface area contributed by atoms with Crippen LogP contribution in [0.2, 0.25) is 0 Å². The first-order valence-corrected chi connectivity index (χ1v) is 4.81. The van der Waals surface area contributed by atoms with Gasteiger partial charge in [0.05, 0.1) is 11.8 Å². The fraction of sp³-hybridized carbons (Fsp3) is 0.500. The minimum absolute atomic E-state index is 0.258. The summed E-state index contributed by atoms with van der Waals surface area (Å²) in [7, 11) is 0. The number of hydrogen-bond acceptors (Lipinski definition) is 2. The van der Waals surface area contributed by atoms with Crippen LogP contribution in [-0.2, 0) is 6.42 Å². The molecule has 0 saturated carbocycles. The Kier molecular flexibility index (Phi) is 3.38. The summed E-state index contributed by atoms with van der Waals surface area (Å²) in [5, 5.41) is 3.35. The van der Waals surface area contributed by atoms with Gasteiger partial charge in [0, 0.05) is 12.5 Å². The van der Waals surface area contributed by atoms with Crippen LogP contribution in [0, 0.1) is 12.3 Å². The van der Waals surface area contributed by atoms with Crippen molar-refractivity contribution < 1.29 is 4.42 Å². The summed E-state index contributed by atoms with van der Waals surface area (Å²) in [6.45, 7) is 6.08. The van der Waals surface area contributed by atoms with Crippen LogP contribution in [0.1, 0.15) is 26.5 Å². The Hall–Kier alpha value is -1.20. The number of terminal acetylenes is 1. The van der Waals surface area contributed by atoms with Crippen LogP contribution in [-0.4, -0.2) is 11.6 Å². The maximum atomic E-state index is 5.39. The van der Waals surface area contributed by atoms with E-state index in [-0.39, 0.29) is 5.54 Å². The molecule has 2 nitrogen and oxygen atoms in total. The van der Waals surface area contributed by atoms with Gasteiger partial charge in [0.1, 0.15) is 5.76 Å². The molecule has 0 radical (unpaired) electrons. The van der Waals surface area contributed by atoms with Gasteiger partial charge in [-0.15, -0.1) is 6.42 Å². The van der Waals surface area contributed by atoms with Crippen LogP contribution in [0.15, 0.2) is 22.8 Å². The first-order chi connectivity index (χ1) is 6.53. The summed E-state index contributed by atoms with van der Waals surface area (Å²) < 4.78 is 5.26. The van der Waals surface area contributed by atoms with Crippen molar-refractivity contribution in [2.45, 2.75) is 38.8 Å². The molecule has 0 aliphatic rings. The Labute approximate surface area is 85.7 Å². The average Bonchev–Trinajstić information content (AvgIpc) is 2.55. The van der Waals surface area contributed by atoms with Crippen molar-refractivity contribution >= 4 is 0 Å². The van der Waals surface area contributed by atoms with Crippen LogP contribution < -0.4 is 5.32 Å². The second-order valence-corrected chi connectivity index (χ2v) is 4.10. The summed E-state index contributed by atoms with van der Waals surface area (Å²) in [6.07, 6.45) is 7.94. The zero-order valence-corrected chi connectivity index (χ0v) is 9.00. The van der Waals surface area contributed by atoms with Gasteiger partial charge < -0.3 is 4.42 Å². The van der Waals surface area contributed by atoms with Crippen molar-refractivity contribution in [2.24, 2.45) is 0 Å². The zero-order valence-electron chi connectivity index (χ0n) is 9.00. The van der Waals surface area contributed by atoms with Crippen LogP contribution in [0.4, 0.5) is 0 Å². The van der Waals surface area contributed by atoms with Crippen molar-refractivity contribution in [3.05, 3.63) is 24.2 Å². The SMILES string of the molecule is C#CC(C)(C)NC(C)Cc1ccco1. The molecular weight excluding hydrogens is 174 g/mol. The molecule has 0 saturated heterocycles. The first-order valence-electron chi connectivity index (χ1n) is 4.81. The predicted molar refractivity (Wildman–Crippen MR) is 57.9 cm³/mol. The van der Waals surface area contributed by atoms with Gasteiger partial charge in [0.2, 0.25) is 0 Å². The van der Waals surface area contributed by atoms with E-state index < -0.39 is 0 Å². The third-order valence-corrected chi connectivity index (χ3v) is 2.06. The van der Waals surface area contributed by atoms with Crippen LogP contribution in [0.5, 0.6) is 0 Å². The lowest BCUT2D eigenvalue weighted by molar-refractivity contribution is 0.394. The van der Waals surface area contributed by atoms with Crippen molar-refractivity contribution in [3.63, 3.8) is 0 Å². The molecule has 76 valence electrons. The molecule has 1 N–H and O–H groups in total. The fourth-order valence-electron chi connectivity index (χ4n) is 1.44. The second-order valence-electron chi connectivity index (χ2n) is 4.10. The number of rotatable bonds is 4. The van der Waals surface area contributed by atoms with E-state index in [2.05, 4.69) is 18.2 Å². The smallest absolute Gasteiger partial charge is 0.105 e. The number of hydrogen-bond donors (Lipinski definition) is 1. The molecule has 0 fully saturated rings. The number of furan rings is 1. The van der Waals surface area contributed by atoms with Gasteiger partial charge in [-0.3, -0.25) is 5.32 Å². The summed E-state index contributed by atoms with van der Waals surface area (Å²) in [4.78, 5) is 0. The highest BCUT2D eigenvalue weighted by Gasteiger charge is 2.17. The van der Waals surface area contributed by atoms with Crippen LogP contribution >= 0.6 is 0 Å². The summed E-state index contributed by atoms with van der Waals surface area (Å²) in [5.41, 5.74) is -0.258. The van der Waals surface area contributed by atoms with Crippen LogP contribution in [0.3, 0.4) is 0 Å². The van der Waals surface area contributed by atoms with Gasteiger partial charge in [-0.1, -0.05) is 5.92 Å². The molecule has 1 atom stereocenters. The van der Waals surface area contributed by atoms with E-state index in [9.17, 15) is 0 Å². The molecule has 1 rings (SSSR count). The molecular formula is C12H17NO. The third kappa shape index (κ3) is 3.27. The maximum absolute atomic E-state index is 5.39. The molecule has 0 spiro atoms. The van der Waals surface area contributed by atoms with Crippen molar-refractivity contribution in [1.29, 1.82) is 0 Å². The van der Waals surface area contributed by atoms with E-state index in [1.807, 2.05) is 26.0 Å². The van der Waals surface area contributed by atoms with E-state index in [1.54, 1.807) is 6.26 Å². The minimum atomic E-state index is -0.258. The maximum Gasteiger partial charge on any atom is 0.105 e. The molecule has 14 heavy (non-hydrogen) atoms. The molecule has 0 aromatic carbocycles. The zero-order chi connectivity index (χ0) is 10.6. The molecule has 0 bridgehead atoms. The summed E-state index contributed by atoms with van der Waals surface area (Å²) in [5.74, 6) is 3.69. The van der Waals surface area contributed by atoms with Gasteiger partial charge in [-0.25, -0.2) is 0 Å². The molecule has 0 aliphatic carbocycles. The largest absolute Gasteiger partial charge is 0.469 e. The van der Waals surface area contributed by atoms with Crippen molar-refractivity contribution in [3.8, 4) is 12.3 Å². The lowest BCUT2D eigenvalue weighted by atomic mass is 10.0. The lowest BCUT2D eigenvalue weighted by Crippen LogP contribution is -2.44. The van der Waals surface area contributed by atoms with E-state index in [4.69, 9.17) is 10.8 Å². The standard InChI is InChI=1S/C12H17NO/c1-5-12(3,4)13-10(2)9-11-7-6-8-14-11/h1,6-8,10,13H,9H2,2-4H3. The topological polar surface area (TPSA) is 25.2 Å². The highest BCUT2D eigenvalue weighted by molar-refractivity contribution is 5.09. The quantitative estimate of drug-likeness (QED) is 0.738. The Morgan fingerprint density at radius 2 is 2.36 bits per heavy atom. The minimum Gasteiger partial charge on any atom is -0.469 e. The fourth-order valence-corrected chi connectivity index (χ4v) is 1.44. The van der Waals surface area contributed by atoms with E-state index in [0.29, 0.717) is 6.04 Å². The predicted octanol–water partition coefficient (Wildman–Crippen LogP) is 2.21. The highest BCUT2D eigenvalue weighted by atomic mass is 16.3. The molecule has 1 unspecified atom stereocenters. The van der Waals surface area contributed by atoms with Gasteiger partial charge >= 0.3 is 0 Å². The van der Waals surface area contributed by atoms with E-state index >= 15 is 0 Å². The molecule has 1 heterocycles. The van der Waals surface area contributed by atoms with Gasteiger partial charge in [-0.2, -0.15) is 0 Å². The second kappa shape index (κ2) is 4.34. The van der Waals surface area contributed by atoms with E-state index in [1.165, 1.54) is 0 Å². The Bertz CT molecular complexity index is 306. The highest BCUT2D eigenvalue weighted by Crippen LogP contribution is 2.07. The molecule has 0 aliphatic heterocycles. The summed E-state index contributed by atoms with van der Waals surface area (Å²) >= 11 is 0. The first kappa shape index (κ1) is 10.9. The number of nitrogens with one attached hydrogen (secondary N) is 1. The van der Waals surface area contributed by atoms with Crippen LogP contribution in [0.25, 0.3) is 0 Å². The Morgan fingerprint density at radius 3 is 2.86 bits per heavy atom. The molecule has 1 aromatic heterocycles. The molecule has 0 amide bonds. The summed E-state index contributed by atoms with van der Waals surface area (Å²) in [6, 6.07) is 4.18. The van der Waals surface area contributed by atoms with Crippen molar-refractivity contribution in [1.82, 2.24) is 5.32 Å². The Morgan fingerprint density at radius 1 is 1.64 bits per heavy atom. The third-order valence-electron chi connectivity index (χ3n) is 2.06. The molecule has 1 aromatic rings. The van der Waals surface area contributed by atoms with Gasteiger partial charge in [0.15, 0.2) is 0 Å². The normalized spacial score (nSPS) is 13.6. The average molecular weight is 191 g/mol. The molecule has 2 heteroatoms. The van der Waals surface area contributed by atoms with E-state index in [0.717, 1.165) is 12.2 Å². The van der Waals surface area contributed by atoms with Gasteiger partial charge in [0.25, 0.3) is 0 Å². The van der Waals surface area contributed by atoms with Crippen molar-refractivity contribution in [2.75, 3.05) is 0 Å². The Balaban J connectivity index is 2.45.